The summed E-state index contributed by atoms with van der Waals surface area (Å²) >= 11 is 0. The first-order valence-corrected chi connectivity index (χ1v) is 8.84. The van der Waals surface area contributed by atoms with Crippen molar-refractivity contribution >= 4 is 5.91 Å². The molecule has 1 amide bonds. The molecule has 3 N–H and O–H groups in total. The lowest BCUT2D eigenvalue weighted by atomic mass is 10.0. The van der Waals surface area contributed by atoms with Crippen LogP contribution in [-0.2, 0) is 17.4 Å². The summed E-state index contributed by atoms with van der Waals surface area (Å²) in [6.45, 7) is 0.0872. The molecule has 0 unspecified atom stereocenters. The van der Waals surface area contributed by atoms with E-state index < -0.39 is 47.6 Å². The normalized spacial score (nSPS) is 21.6. The maximum absolute atomic E-state index is 13.8. The number of benzene rings is 1. The highest BCUT2D eigenvalue weighted by Gasteiger charge is 2.51. The van der Waals surface area contributed by atoms with Crippen molar-refractivity contribution in [2.75, 3.05) is 6.54 Å². The molecule has 29 heavy (non-hydrogen) atoms. The first-order valence-electron chi connectivity index (χ1n) is 8.84. The predicted molar refractivity (Wildman–Crippen MR) is 84.4 cm³/mol. The van der Waals surface area contributed by atoms with Crippen molar-refractivity contribution in [1.82, 2.24) is 19.7 Å². The Hall–Kier alpha value is -2.63. The summed E-state index contributed by atoms with van der Waals surface area (Å²) in [6, 6.07) is -0.638. The number of hydrogen-bond acceptors (Lipinski definition) is 3. The van der Waals surface area contributed by atoms with Crippen LogP contribution < -0.4 is 5.73 Å². The van der Waals surface area contributed by atoms with Gasteiger partial charge in [-0.15, -0.1) is 10.2 Å². The third-order valence-electron chi connectivity index (χ3n) is 5.30. The van der Waals surface area contributed by atoms with Gasteiger partial charge < -0.3 is 15.2 Å². The summed E-state index contributed by atoms with van der Waals surface area (Å²) in [5.41, 5.74) is 3.67. The van der Waals surface area contributed by atoms with Gasteiger partial charge in [0.05, 0.1) is 24.5 Å². The van der Waals surface area contributed by atoms with Gasteiger partial charge in [-0.1, -0.05) is 0 Å². The second kappa shape index (κ2) is 6.71. The van der Waals surface area contributed by atoms with Gasteiger partial charge in [0, 0.05) is 19.0 Å². The number of quaternary nitrogens is 1. The zero-order chi connectivity index (χ0) is 21.1. The van der Waals surface area contributed by atoms with Crippen LogP contribution in [0.4, 0.5) is 26.3 Å². The number of halogens is 6. The van der Waals surface area contributed by atoms with Crippen LogP contribution in [-0.4, -0.2) is 38.2 Å². The molecule has 1 saturated heterocycles. The number of likely N-dealkylation sites (tertiary alicyclic amines) is 1. The highest BCUT2D eigenvalue weighted by Crippen LogP contribution is 2.47. The summed E-state index contributed by atoms with van der Waals surface area (Å²) in [4.78, 5) is 14.1. The van der Waals surface area contributed by atoms with E-state index in [9.17, 15) is 31.1 Å². The second-order valence-corrected chi connectivity index (χ2v) is 7.33. The van der Waals surface area contributed by atoms with Gasteiger partial charge in [-0.25, -0.2) is 13.2 Å². The third-order valence-corrected chi connectivity index (χ3v) is 5.30. The van der Waals surface area contributed by atoms with Crippen LogP contribution >= 0.6 is 0 Å². The van der Waals surface area contributed by atoms with Crippen LogP contribution in [0.2, 0.25) is 0 Å². The summed E-state index contributed by atoms with van der Waals surface area (Å²) in [5.74, 6) is -4.79. The maximum Gasteiger partial charge on any atom is 0.451 e. The van der Waals surface area contributed by atoms with Crippen LogP contribution in [0.3, 0.4) is 0 Å². The quantitative estimate of drug-likeness (QED) is 0.605. The number of alkyl halides is 3. The van der Waals surface area contributed by atoms with Gasteiger partial charge in [0.1, 0.15) is 5.82 Å². The third kappa shape index (κ3) is 3.34. The molecule has 3 heterocycles. The standard InChI is InChI=1S/C17H15F6N5O/c18-10-5-12(20)11(19)2-7(10)1-8(24)3-14(29)27-6-9-4-13(27)15-25-26-16(28(9)15)17(21,22)23/h2,5,8-9,13H,1,3-4,6,24H2/p+1/t8-,9+,13+/m1/s1. The zero-order valence-electron chi connectivity index (χ0n) is 14.9. The minimum atomic E-state index is -4.63. The van der Waals surface area contributed by atoms with Crippen molar-refractivity contribution in [1.29, 1.82) is 0 Å². The summed E-state index contributed by atoms with van der Waals surface area (Å²) in [7, 11) is 0. The molecule has 4 rings (SSSR count). The molecule has 2 bridgehead atoms. The first-order chi connectivity index (χ1) is 13.6. The second-order valence-electron chi connectivity index (χ2n) is 7.33. The molecule has 0 saturated carbocycles. The topological polar surface area (TPSA) is 78.7 Å². The van der Waals surface area contributed by atoms with Crippen LogP contribution in [0.25, 0.3) is 0 Å². The van der Waals surface area contributed by atoms with Gasteiger partial charge in [0.15, 0.2) is 17.5 Å². The van der Waals surface area contributed by atoms with E-state index in [0.29, 0.717) is 12.5 Å². The molecule has 12 heteroatoms. The number of aromatic nitrogens is 3. The molecule has 0 aliphatic carbocycles. The van der Waals surface area contributed by atoms with E-state index in [-0.39, 0.29) is 36.7 Å². The Balaban J connectivity index is 1.44. The minimum absolute atomic E-state index is 0.0872. The Morgan fingerprint density at radius 1 is 1.17 bits per heavy atom. The van der Waals surface area contributed by atoms with Crippen molar-refractivity contribution in [3.05, 3.63) is 46.8 Å². The number of hydrogen-bond donors (Lipinski definition) is 1. The first kappa shape index (κ1) is 19.7. The molecule has 2 aromatic rings. The van der Waals surface area contributed by atoms with Gasteiger partial charge >= 0.3 is 6.18 Å². The molecule has 1 aromatic carbocycles. The van der Waals surface area contributed by atoms with Crippen LogP contribution in [0.15, 0.2) is 12.1 Å². The predicted octanol–water partition coefficient (Wildman–Crippen LogP) is 1.79. The molecule has 2 aliphatic rings. The molecular weight excluding hydrogens is 404 g/mol. The van der Waals surface area contributed by atoms with Crippen LogP contribution in [0.1, 0.15) is 42.1 Å². The number of carbonyl (C=O) groups is 1. The van der Waals surface area contributed by atoms with Crippen LogP contribution in [0.5, 0.6) is 0 Å². The molecule has 0 spiro atoms. The Kier molecular flexibility index (Phi) is 4.56. The van der Waals surface area contributed by atoms with E-state index >= 15 is 0 Å². The molecule has 2 aliphatic heterocycles. The number of rotatable bonds is 4. The Labute approximate surface area is 160 Å². The van der Waals surface area contributed by atoms with Gasteiger partial charge in [0.25, 0.3) is 0 Å². The molecular formula is C17H16F6N5O+. The van der Waals surface area contributed by atoms with E-state index in [1.54, 1.807) is 0 Å². The van der Waals surface area contributed by atoms with Crippen molar-refractivity contribution in [2.45, 2.75) is 43.6 Å². The summed E-state index contributed by atoms with van der Waals surface area (Å²) in [5, 5.41) is 6.83. The van der Waals surface area contributed by atoms with E-state index in [2.05, 4.69) is 15.9 Å². The number of amides is 1. The van der Waals surface area contributed by atoms with Crippen molar-refractivity contribution < 1.29 is 36.9 Å². The van der Waals surface area contributed by atoms with E-state index in [1.807, 2.05) is 0 Å². The monoisotopic (exact) mass is 420 g/mol. The lowest BCUT2D eigenvalue weighted by Crippen LogP contribution is -2.63. The largest absolute Gasteiger partial charge is 0.451 e. The van der Waals surface area contributed by atoms with Crippen molar-refractivity contribution in [3.8, 4) is 0 Å². The minimum Gasteiger partial charge on any atom is -0.354 e. The average molecular weight is 420 g/mol. The van der Waals surface area contributed by atoms with E-state index in [1.165, 1.54) is 4.90 Å². The summed E-state index contributed by atoms with van der Waals surface area (Å²) < 4.78 is 80.2. The fourth-order valence-corrected chi connectivity index (χ4v) is 4.07. The highest BCUT2D eigenvalue weighted by molar-refractivity contribution is 5.77. The number of fused-ring (bicyclic) bond motifs is 5. The molecule has 6 nitrogen and oxygen atoms in total. The number of carbonyl (C=O) groups excluding carboxylic acids is 1. The lowest BCUT2D eigenvalue weighted by molar-refractivity contribution is -0.418. The molecule has 0 radical (unpaired) electrons. The van der Waals surface area contributed by atoms with Crippen molar-refractivity contribution in [3.63, 3.8) is 0 Å². The SMILES string of the molecule is [NH3+][C@@H](CC(=O)N1C[C@@H]2C[C@H]1c1nnc(C(F)(F)F)n12)Cc1cc(F)c(F)cc1F. The van der Waals surface area contributed by atoms with E-state index in [0.717, 1.165) is 10.6 Å². The van der Waals surface area contributed by atoms with Crippen molar-refractivity contribution in [2.24, 2.45) is 0 Å². The van der Waals surface area contributed by atoms with Gasteiger partial charge in [-0.3, -0.25) is 4.79 Å². The Morgan fingerprint density at radius 2 is 1.86 bits per heavy atom. The van der Waals surface area contributed by atoms with Gasteiger partial charge in [-0.2, -0.15) is 13.2 Å². The van der Waals surface area contributed by atoms with Crippen LogP contribution in [0, 0.1) is 17.5 Å². The maximum atomic E-state index is 13.8. The van der Waals surface area contributed by atoms with E-state index in [4.69, 9.17) is 0 Å². The smallest absolute Gasteiger partial charge is 0.354 e. The zero-order valence-corrected chi connectivity index (χ0v) is 14.9. The Morgan fingerprint density at radius 3 is 2.55 bits per heavy atom. The van der Waals surface area contributed by atoms with Gasteiger partial charge in [0.2, 0.25) is 11.7 Å². The average Bonchev–Trinajstić information content (AvgIpc) is 3.30. The summed E-state index contributed by atoms with van der Waals surface area (Å²) in [6.07, 6.45) is -4.52. The fraction of sp³-hybridized carbons (Fsp3) is 0.471. The molecule has 1 fully saturated rings. The highest BCUT2D eigenvalue weighted by atomic mass is 19.4. The molecule has 156 valence electrons. The fourth-order valence-electron chi connectivity index (χ4n) is 4.07. The molecule has 3 atom stereocenters. The number of nitrogens with zero attached hydrogens (tertiary/aromatic N) is 4. The van der Waals surface area contributed by atoms with Gasteiger partial charge in [-0.05, 0) is 18.1 Å². The molecule has 1 aromatic heterocycles. The lowest BCUT2D eigenvalue weighted by Gasteiger charge is -2.28. The Bertz CT molecular complexity index is 974.